The number of nitrogens with zero attached hydrogens (tertiary/aromatic N) is 2. The summed E-state index contributed by atoms with van der Waals surface area (Å²) in [6, 6.07) is 16.4. The Morgan fingerprint density at radius 2 is 1.67 bits per heavy atom. The molecule has 2 heterocycles. The molecule has 24 heavy (non-hydrogen) atoms. The van der Waals surface area contributed by atoms with E-state index in [0.29, 0.717) is 0 Å². The average molecular weight is 319 g/mol. The lowest BCUT2D eigenvalue weighted by molar-refractivity contribution is 0.0749. The highest BCUT2D eigenvalue weighted by Crippen LogP contribution is 2.23. The largest absolute Gasteiger partial charge is 0.368 e. The van der Waals surface area contributed by atoms with E-state index in [1.807, 2.05) is 35.4 Å². The Kier molecular flexibility index (Phi) is 3.73. The van der Waals surface area contributed by atoms with E-state index in [2.05, 4.69) is 41.1 Å². The van der Waals surface area contributed by atoms with Crippen LogP contribution in [0.4, 0.5) is 5.69 Å². The molecule has 0 bridgehead atoms. The number of aryl methyl sites for hydroxylation is 1. The van der Waals surface area contributed by atoms with Gasteiger partial charge in [-0.1, -0.05) is 36.4 Å². The van der Waals surface area contributed by atoms with Crippen LogP contribution >= 0.6 is 0 Å². The Morgan fingerprint density at radius 3 is 2.46 bits per heavy atom. The van der Waals surface area contributed by atoms with Crippen LogP contribution in [0.2, 0.25) is 0 Å². The Labute approximate surface area is 141 Å². The highest BCUT2D eigenvalue weighted by molar-refractivity contribution is 6.06. The molecule has 0 aliphatic carbocycles. The van der Waals surface area contributed by atoms with Crippen LogP contribution in [0.5, 0.6) is 0 Å². The number of benzene rings is 2. The molecule has 4 nitrogen and oxygen atoms in total. The highest BCUT2D eigenvalue weighted by Gasteiger charge is 2.24. The number of fused-ring (bicyclic) bond motifs is 1. The summed E-state index contributed by atoms with van der Waals surface area (Å²) in [7, 11) is 0. The molecule has 1 aromatic heterocycles. The molecular formula is C20H21N3O. The van der Waals surface area contributed by atoms with Gasteiger partial charge in [0.25, 0.3) is 5.91 Å². The van der Waals surface area contributed by atoms with E-state index in [-0.39, 0.29) is 5.91 Å². The minimum absolute atomic E-state index is 0.122. The van der Waals surface area contributed by atoms with E-state index in [1.54, 1.807) is 0 Å². The Morgan fingerprint density at radius 1 is 0.958 bits per heavy atom. The van der Waals surface area contributed by atoms with Gasteiger partial charge in [-0.2, -0.15) is 0 Å². The van der Waals surface area contributed by atoms with Crippen molar-refractivity contribution < 1.29 is 4.79 Å². The number of rotatable bonds is 2. The molecule has 1 fully saturated rings. The van der Waals surface area contributed by atoms with Gasteiger partial charge in [0, 0.05) is 49.0 Å². The van der Waals surface area contributed by atoms with Gasteiger partial charge < -0.3 is 14.8 Å². The minimum Gasteiger partial charge on any atom is -0.368 e. The molecule has 1 amide bonds. The molecule has 0 spiro atoms. The van der Waals surface area contributed by atoms with Crippen LogP contribution in [0.25, 0.3) is 10.9 Å². The van der Waals surface area contributed by atoms with Crippen molar-refractivity contribution in [3.63, 3.8) is 0 Å². The quantitative estimate of drug-likeness (QED) is 0.786. The maximum atomic E-state index is 12.9. The molecule has 0 saturated carbocycles. The van der Waals surface area contributed by atoms with Gasteiger partial charge in [-0.15, -0.1) is 0 Å². The smallest absolute Gasteiger partial charge is 0.256 e. The fraction of sp³-hybridized carbons (Fsp3) is 0.250. The first kappa shape index (κ1) is 14.8. The van der Waals surface area contributed by atoms with Gasteiger partial charge in [0.2, 0.25) is 0 Å². The molecule has 0 atom stereocenters. The second kappa shape index (κ2) is 6.04. The van der Waals surface area contributed by atoms with E-state index in [0.717, 1.165) is 42.6 Å². The van der Waals surface area contributed by atoms with Gasteiger partial charge in [-0.25, -0.2) is 0 Å². The number of nitrogens with one attached hydrogen (secondary N) is 1. The Balaban J connectivity index is 1.50. The minimum atomic E-state index is 0.122. The van der Waals surface area contributed by atoms with Crippen molar-refractivity contribution in [1.82, 2.24) is 9.88 Å². The lowest BCUT2D eigenvalue weighted by Gasteiger charge is -2.36. The zero-order valence-corrected chi connectivity index (χ0v) is 13.8. The summed E-state index contributed by atoms with van der Waals surface area (Å²) in [5.74, 6) is 0.122. The van der Waals surface area contributed by atoms with E-state index in [4.69, 9.17) is 0 Å². The molecule has 0 radical (unpaired) electrons. The molecule has 1 saturated heterocycles. The lowest BCUT2D eigenvalue weighted by Crippen LogP contribution is -2.49. The molecule has 2 aromatic carbocycles. The molecule has 1 aliphatic heterocycles. The van der Waals surface area contributed by atoms with E-state index in [9.17, 15) is 4.79 Å². The highest BCUT2D eigenvalue weighted by atomic mass is 16.2. The van der Waals surface area contributed by atoms with E-state index in [1.165, 1.54) is 11.3 Å². The number of hydrogen-bond donors (Lipinski definition) is 1. The van der Waals surface area contributed by atoms with Gasteiger partial charge in [0.15, 0.2) is 0 Å². The number of carbonyl (C=O) groups excluding carboxylic acids is 1. The number of hydrogen-bond acceptors (Lipinski definition) is 2. The van der Waals surface area contributed by atoms with Crippen molar-refractivity contribution in [1.29, 1.82) is 0 Å². The average Bonchev–Trinajstić information content (AvgIpc) is 3.06. The number of H-pyrrole nitrogens is 1. The zero-order valence-electron chi connectivity index (χ0n) is 13.8. The fourth-order valence-corrected chi connectivity index (χ4v) is 3.49. The molecule has 1 N–H and O–H groups in total. The van der Waals surface area contributed by atoms with Gasteiger partial charge >= 0.3 is 0 Å². The molecule has 1 aliphatic rings. The number of anilines is 1. The number of piperazine rings is 1. The number of aromatic nitrogens is 1. The van der Waals surface area contributed by atoms with Crippen molar-refractivity contribution in [2.75, 3.05) is 31.1 Å². The molecule has 3 aromatic rings. The predicted octanol–water partition coefficient (Wildman–Crippen LogP) is 3.44. The van der Waals surface area contributed by atoms with Crippen LogP contribution in [0.1, 0.15) is 15.9 Å². The number of carbonyl (C=O) groups is 1. The Hall–Kier alpha value is -2.75. The van der Waals surface area contributed by atoms with Gasteiger partial charge in [-0.3, -0.25) is 4.79 Å². The summed E-state index contributed by atoms with van der Waals surface area (Å²) < 4.78 is 0. The van der Waals surface area contributed by atoms with Gasteiger partial charge in [-0.05, 0) is 24.6 Å². The number of amides is 1. The third kappa shape index (κ3) is 2.54. The van der Waals surface area contributed by atoms with Crippen LogP contribution in [-0.2, 0) is 0 Å². The maximum Gasteiger partial charge on any atom is 0.256 e. The van der Waals surface area contributed by atoms with E-state index < -0.39 is 0 Å². The summed E-state index contributed by atoms with van der Waals surface area (Å²) in [6.07, 6.45) is 1.83. The summed E-state index contributed by atoms with van der Waals surface area (Å²) in [4.78, 5) is 20.4. The van der Waals surface area contributed by atoms with Gasteiger partial charge in [0.05, 0.1) is 5.56 Å². The molecular weight excluding hydrogens is 298 g/mol. The first-order valence-electron chi connectivity index (χ1n) is 8.40. The van der Waals surface area contributed by atoms with Crippen LogP contribution in [0.15, 0.2) is 54.7 Å². The number of para-hydroxylation sites is 2. The van der Waals surface area contributed by atoms with Crippen molar-refractivity contribution in [2.24, 2.45) is 0 Å². The van der Waals surface area contributed by atoms with Crippen LogP contribution in [0.3, 0.4) is 0 Å². The van der Waals surface area contributed by atoms with Gasteiger partial charge in [0.1, 0.15) is 0 Å². The summed E-state index contributed by atoms with van der Waals surface area (Å²) in [6.45, 7) is 5.40. The van der Waals surface area contributed by atoms with E-state index >= 15 is 0 Å². The fourth-order valence-electron chi connectivity index (χ4n) is 3.49. The lowest BCUT2D eigenvalue weighted by atomic mass is 10.1. The van der Waals surface area contributed by atoms with Crippen LogP contribution in [-0.4, -0.2) is 42.0 Å². The second-order valence-electron chi connectivity index (χ2n) is 6.31. The molecule has 122 valence electrons. The van der Waals surface area contributed by atoms with Crippen LogP contribution in [0, 0.1) is 6.92 Å². The third-order valence-corrected chi connectivity index (χ3v) is 4.84. The molecule has 4 heteroatoms. The second-order valence-corrected chi connectivity index (χ2v) is 6.31. The first-order valence-corrected chi connectivity index (χ1v) is 8.40. The van der Waals surface area contributed by atoms with Crippen molar-refractivity contribution in [2.45, 2.75) is 6.92 Å². The standard InChI is InChI=1S/C20H21N3O/c1-15-6-2-5-9-19(15)22-10-12-23(13-11-22)20(24)17-14-21-18-8-4-3-7-16(17)18/h2-9,14,21H,10-13H2,1H3. The van der Waals surface area contributed by atoms with Crippen LogP contribution < -0.4 is 4.90 Å². The third-order valence-electron chi connectivity index (χ3n) is 4.84. The normalized spacial score (nSPS) is 15.0. The topological polar surface area (TPSA) is 39.3 Å². The Bertz CT molecular complexity index is 875. The molecule has 0 unspecified atom stereocenters. The SMILES string of the molecule is Cc1ccccc1N1CCN(C(=O)c2c[nH]c3ccccc23)CC1. The predicted molar refractivity (Wildman–Crippen MR) is 97.6 cm³/mol. The van der Waals surface area contributed by atoms with Crippen molar-refractivity contribution in [3.05, 3.63) is 65.9 Å². The summed E-state index contributed by atoms with van der Waals surface area (Å²) in [5.41, 5.74) is 4.35. The number of aromatic amines is 1. The van der Waals surface area contributed by atoms with Crippen molar-refractivity contribution >= 4 is 22.5 Å². The monoisotopic (exact) mass is 319 g/mol. The summed E-state index contributed by atoms with van der Waals surface area (Å²) in [5, 5.41) is 1.00. The maximum absolute atomic E-state index is 12.9. The zero-order chi connectivity index (χ0) is 16.5. The molecule has 4 rings (SSSR count). The summed E-state index contributed by atoms with van der Waals surface area (Å²) >= 11 is 0. The first-order chi connectivity index (χ1) is 11.7. The van der Waals surface area contributed by atoms with Crippen molar-refractivity contribution in [3.8, 4) is 0 Å².